The van der Waals surface area contributed by atoms with E-state index in [2.05, 4.69) is 44.8 Å². The molecule has 0 aromatic carbocycles. The van der Waals surface area contributed by atoms with Gasteiger partial charge in [-0.15, -0.1) is 0 Å². The number of hydrogen-bond acceptors (Lipinski definition) is 3. The molecule has 1 N–H and O–H groups in total. The van der Waals surface area contributed by atoms with Crippen LogP contribution in [0.4, 0.5) is 5.82 Å². The van der Waals surface area contributed by atoms with E-state index >= 15 is 0 Å². The summed E-state index contributed by atoms with van der Waals surface area (Å²) in [4.78, 5) is 12.4. The first-order valence-corrected chi connectivity index (χ1v) is 8.76. The monoisotopic (exact) mass is 333 g/mol. The summed E-state index contributed by atoms with van der Waals surface area (Å²) >= 11 is 0. The van der Waals surface area contributed by atoms with E-state index in [1.165, 1.54) is 5.56 Å². The Balaban J connectivity index is 1.77. The van der Waals surface area contributed by atoms with Gasteiger partial charge in [0.1, 0.15) is 17.2 Å². The highest BCUT2D eigenvalue weighted by atomic mass is 15.1. The standard InChI is InChI=1S/C20H23N5/c1-16-9-13-25-18(14-16)24-19(17-8-7-11-22-15-17)20(25)23-12-6-4-3-5-10-21-2/h7-9,11,13-15,23H,3-6,10,12H2,1H3. The van der Waals surface area contributed by atoms with Gasteiger partial charge in [0, 0.05) is 37.1 Å². The molecule has 0 unspecified atom stereocenters. The smallest absolute Gasteiger partial charge is 0.214 e. The molecule has 0 fully saturated rings. The molecule has 0 aliphatic rings. The number of nitrogens with zero attached hydrogens (tertiary/aromatic N) is 4. The summed E-state index contributed by atoms with van der Waals surface area (Å²) in [5.74, 6) is 1.02. The highest BCUT2D eigenvalue weighted by molar-refractivity contribution is 5.76. The zero-order chi connectivity index (χ0) is 17.5. The molecule has 3 heterocycles. The van der Waals surface area contributed by atoms with E-state index in [9.17, 15) is 0 Å². The van der Waals surface area contributed by atoms with Crippen LogP contribution in [0.15, 0.2) is 42.9 Å². The second-order valence-electron chi connectivity index (χ2n) is 6.21. The molecule has 3 aromatic rings. The van der Waals surface area contributed by atoms with Crippen molar-refractivity contribution >= 4 is 11.5 Å². The molecule has 5 nitrogen and oxygen atoms in total. The summed E-state index contributed by atoms with van der Waals surface area (Å²) in [5, 5.41) is 3.56. The summed E-state index contributed by atoms with van der Waals surface area (Å²) in [6.45, 7) is 10.4. The number of hydrogen-bond donors (Lipinski definition) is 1. The van der Waals surface area contributed by atoms with Crippen molar-refractivity contribution in [1.29, 1.82) is 0 Å². The predicted octanol–water partition coefficient (Wildman–Crippen LogP) is 4.60. The van der Waals surface area contributed by atoms with Gasteiger partial charge in [-0.3, -0.25) is 9.38 Å². The van der Waals surface area contributed by atoms with Gasteiger partial charge in [0.15, 0.2) is 0 Å². The Morgan fingerprint density at radius 2 is 2.08 bits per heavy atom. The van der Waals surface area contributed by atoms with Gasteiger partial charge in [0.25, 0.3) is 0 Å². The summed E-state index contributed by atoms with van der Waals surface area (Å²) in [6, 6.07) is 8.16. The van der Waals surface area contributed by atoms with Crippen LogP contribution in [0.25, 0.3) is 21.7 Å². The lowest BCUT2D eigenvalue weighted by atomic mass is 10.2. The summed E-state index contributed by atoms with van der Waals surface area (Å²) < 4.78 is 2.11. The molecule has 0 spiro atoms. The maximum atomic E-state index is 6.81. The summed E-state index contributed by atoms with van der Waals surface area (Å²) in [7, 11) is 0. The minimum atomic E-state index is 0.644. The van der Waals surface area contributed by atoms with Crippen LogP contribution in [0.3, 0.4) is 0 Å². The molecular weight excluding hydrogens is 310 g/mol. The minimum Gasteiger partial charge on any atom is -0.369 e. The van der Waals surface area contributed by atoms with Gasteiger partial charge in [-0.25, -0.2) is 11.6 Å². The van der Waals surface area contributed by atoms with Crippen LogP contribution in [0.1, 0.15) is 31.2 Å². The van der Waals surface area contributed by atoms with Crippen molar-refractivity contribution in [3.8, 4) is 11.3 Å². The lowest BCUT2D eigenvalue weighted by Crippen LogP contribution is -2.05. The van der Waals surface area contributed by atoms with Crippen LogP contribution < -0.4 is 5.32 Å². The fraction of sp³-hybridized carbons (Fsp3) is 0.350. The third kappa shape index (κ3) is 4.16. The zero-order valence-electron chi connectivity index (χ0n) is 14.6. The highest BCUT2D eigenvalue weighted by Crippen LogP contribution is 2.28. The van der Waals surface area contributed by atoms with Gasteiger partial charge in [-0.1, -0.05) is 6.42 Å². The molecule has 128 valence electrons. The fourth-order valence-electron chi connectivity index (χ4n) is 2.90. The average molecular weight is 333 g/mol. The van der Waals surface area contributed by atoms with Crippen molar-refractivity contribution in [3.63, 3.8) is 0 Å². The predicted molar refractivity (Wildman–Crippen MR) is 102 cm³/mol. The first-order valence-electron chi connectivity index (χ1n) is 8.76. The Labute approximate surface area is 148 Å². The Bertz CT molecular complexity index is 861. The van der Waals surface area contributed by atoms with Crippen LogP contribution in [0.5, 0.6) is 0 Å². The Kier molecular flexibility index (Phi) is 5.63. The Morgan fingerprint density at radius 3 is 2.88 bits per heavy atom. The van der Waals surface area contributed by atoms with Crippen LogP contribution >= 0.6 is 0 Å². The third-order valence-corrected chi connectivity index (χ3v) is 4.21. The van der Waals surface area contributed by atoms with Crippen molar-refractivity contribution in [2.24, 2.45) is 0 Å². The van der Waals surface area contributed by atoms with Gasteiger partial charge < -0.3 is 10.2 Å². The van der Waals surface area contributed by atoms with Crippen molar-refractivity contribution in [3.05, 3.63) is 59.8 Å². The normalized spacial score (nSPS) is 10.7. The van der Waals surface area contributed by atoms with Gasteiger partial charge >= 0.3 is 0 Å². The maximum Gasteiger partial charge on any atom is 0.214 e. The number of pyridine rings is 2. The third-order valence-electron chi connectivity index (χ3n) is 4.21. The molecule has 0 atom stereocenters. The van der Waals surface area contributed by atoms with Crippen molar-refractivity contribution < 1.29 is 0 Å². The molecule has 0 saturated carbocycles. The number of imidazole rings is 1. The molecular formula is C20H23N5. The second-order valence-corrected chi connectivity index (χ2v) is 6.21. The zero-order valence-corrected chi connectivity index (χ0v) is 14.6. The van der Waals surface area contributed by atoms with E-state index in [-0.39, 0.29) is 0 Å². The SMILES string of the molecule is [C-]#[N+]CCCCCCNc1c(-c2cccnc2)nc2cc(C)ccn12. The first kappa shape index (κ1) is 17.0. The lowest BCUT2D eigenvalue weighted by Gasteiger charge is -2.08. The molecule has 3 rings (SSSR count). The molecule has 3 aromatic heterocycles. The summed E-state index contributed by atoms with van der Waals surface area (Å²) in [6.07, 6.45) is 10.0. The summed E-state index contributed by atoms with van der Waals surface area (Å²) in [5.41, 5.74) is 4.09. The molecule has 0 bridgehead atoms. The second kappa shape index (κ2) is 8.29. The first-order chi connectivity index (χ1) is 12.3. The van der Waals surface area contributed by atoms with Crippen molar-refractivity contribution in [2.75, 3.05) is 18.4 Å². The van der Waals surface area contributed by atoms with E-state index in [0.29, 0.717) is 6.54 Å². The van der Waals surface area contributed by atoms with Gasteiger partial charge in [-0.2, -0.15) is 0 Å². The van der Waals surface area contributed by atoms with E-state index in [4.69, 9.17) is 11.6 Å². The molecule has 5 heteroatoms. The Morgan fingerprint density at radius 1 is 1.20 bits per heavy atom. The maximum absolute atomic E-state index is 6.81. The van der Waals surface area contributed by atoms with Crippen LogP contribution in [-0.2, 0) is 0 Å². The number of aromatic nitrogens is 3. The molecule has 25 heavy (non-hydrogen) atoms. The molecule has 0 amide bonds. The van der Waals surface area contributed by atoms with Crippen LogP contribution in [-0.4, -0.2) is 27.5 Å². The number of anilines is 1. The van der Waals surface area contributed by atoms with E-state index in [1.807, 2.05) is 18.3 Å². The van der Waals surface area contributed by atoms with Crippen LogP contribution in [0, 0.1) is 13.5 Å². The highest BCUT2D eigenvalue weighted by Gasteiger charge is 2.13. The quantitative estimate of drug-likeness (QED) is 0.484. The molecule has 0 radical (unpaired) electrons. The van der Waals surface area contributed by atoms with Gasteiger partial charge in [0.2, 0.25) is 6.54 Å². The molecule has 0 saturated heterocycles. The van der Waals surface area contributed by atoms with E-state index < -0.39 is 0 Å². The largest absolute Gasteiger partial charge is 0.369 e. The Hall–Kier alpha value is -2.87. The lowest BCUT2D eigenvalue weighted by molar-refractivity contribution is 0.677. The number of rotatable bonds is 8. The fourth-order valence-corrected chi connectivity index (χ4v) is 2.90. The molecule has 0 aliphatic heterocycles. The molecule has 0 aliphatic carbocycles. The number of fused-ring (bicyclic) bond motifs is 1. The van der Waals surface area contributed by atoms with Crippen molar-refractivity contribution in [2.45, 2.75) is 32.6 Å². The van der Waals surface area contributed by atoms with Gasteiger partial charge in [0.05, 0.1) is 0 Å². The van der Waals surface area contributed by atoms with E-state index in [1.54, 1.807) is 6.20 Å². The number of aryl methyl sites for hydroxylation is 1. The average Bonchev–Trinajstić information content (AvgIpc) is 2.99. The number of nitrogens with one attached hydrogen (secondary N) is 1. The number of unbranched alkanes of at least 4 members (excludes halogenated alkanes) is 3. The topological polar surface area (TPSA) is 46.6 Å². The van der Waals surface area contributed by atoms with Crippen LogP contribution in [0.2, 0.25) is 0 Å². The van der Waals surface area contributed by atoms with Crippen molar-refractivity contribution in [1.82, 2.24) is 14.4 Å². The minimum absolute atomic E-state index is 0.644. The van der Waals surface area contributed by atoms with E-state index in [0.717, 1.165) is 55.0 Å². The van der Waals surface area contributed by atoms with Gasteiger partial charge in [-0.05, 0) is 49.6 Å².